The van der Waals surface area contributed by atoms with Gasteiger partial charge in [0.25, 0.3) is 5.91 Å². The zero-order valence-electron chi connectivity index (χ0n) is 16.1. The quantitative estimate of drug-likeness (QED) is 0.827. The van der Waals surface area contributed by atoms with Crippen molar-refractivity contribution in [2.45, 2.75) is 45.1 Å². The van der Waals surface area contributed by atoms with Gasteiger partial charge in [-0.25, -0.2) is 0 Å². The van der Waals surface area contributed by atoms with E-state index >= 15 is 0 Å². The highest BCUT2D eigenvalue weighted by Gasteiger charge is 2.39. The minimum Gasteiger partial charge on any atom is -0.375 e. The van der Waals surface area contributed by atoms with E-state index in [9.17, 15) is 4.79 Å². The summed E-state index contributed by atoms with van der Waals surface area (Å²) in [5, 5.41) is 9.05. The minimum atomic E-state index is 0.0261. The molecule has 26 heavy (non-hydrogen) atoms. The van der Waals surface area contributed by atoms with E-state index in [4.69, 9.17) is 4.74 Å². The molecule has 0 aromatic carbocycles. The lowest BCUT2D eigenvalue weighted by Gasteiger charge is -2.38. The third kappa shape index (κ3) is 2.74. The van der Waals surface area contributed by atoms with Gasteiger partial charge in [-0.3, -0.25) is 14.2 Å². The molecule has 1 spiro atoms. The number of amides is 1. The van der Waals surface area contributed by atoms with Gasteiger partial charge in [-0.2, -0.15) is 10.2 Å². The first-order chi connectivity index (χ1) is 12.4. The van der Waals surface area contributed by atoms with Crippen molar-refractivity contribution in [2.24, 2.45) is 14.1 Å². The van der Waals surface area contributed by atoms with Crippen LogP contribution in [-0.4, -0.2) is 55.7 Å². The summed E-state index contributed by atoms with van der Waals surface area (Å²) in [6, 6.07) is 1.90. The first-order valence-electron chi connectivity index (χ1n) is 9.38. The average molecular weight is 357 g/mol. The van der Waals surface area contributed by atoms with Crippen LogP contribution in [0.15, 0.2) is 6.07 Å². The van der Waals surface area contributed by atoms with E-state index in [-0.39, 0.29) is 11.5 Å². The predicted octanol–water partition coefficient (Wildman–Crippen LogP) is 2.22. The molecule has 7 nitrogen and oxygen atoms in total. The van der Waals surface area contributed by atoms with Gasteiger partial charge < -0.3 is 9.64 Å². The van der Waals surface area contributed by atoms with Crippen molar-refractivity contribution in [2.75, 3.05) is 19.7 Å². The summed E-state index contributed by atoms with van der Waals surface area (Å²) in [5.41, 5.74) is 4.47. The molecule has 0 bridgehead atoms. The van der Waals surface area contributed by atoms with Crippen molar-refractivity contribution in [3.05, 3.63) is 23.1 Å². The van der Waals surface area contributed by atoms with E-state index < -0.39 is 0 Å². The van der Waals surface area contributed by atoms with Gasteiger partial charge in [0.2, 0.25) is 0 Å². The van der Waals surface area contributed by atoms with Crippen LogP contribution < -0.4 is 0 Å². The highest BCUT2D eigenvalue weighted by atomic mass is 16.5. The van der Waals surface area contributed by atoms with Crippen LogP contribution in [0.3, 0.4) is 0 Å². The Morgan fingerprint density at radius 2 is 1.85 bits per heavy atom. The Balaban J connectivity index is 1.55. The van der Waals surface area contributed by atoms with E-state index in [0.29, 0.717) is 5.69 Å². The van der Waals surface area contributed by atoms with E-state index in [0.717, 1.165) is 68.0 Å². The molecule has 2 aromatic heterocycles. The number of aromatic nitrogens is 4. The molecule has 0 radical (unpaired) electrons. The molecule has 4 rings (SSSR count). The smallest absolute Gasteiger partial charge is 0.272 e. The Kier molecular flexibility index (Phi) is 4.14. The maximum atomic E-state index is 13.0. The molecule has 0 saturated carbocycles. The van der Waals surface area contributed by atoms with Gasteiger partial charge >= 0.3 is 0 Å². The average Bonchev–Trinajstić information content (AvgIpc) is 3.28. The Bertz CT molecular complexity index is 834. The molecule has 0 unspecified atom stereocenters. The number of likely N-dealkylation sites (tertiary alicyclic amines) is 1. The van der Waals surface area contributed by atoms with E-state index in [2.05, 4.69) is 10.2 Å². The van der Waals surface area contributed by atoms with E-state index in [1.165, 1.54) is 0 Å². The summed E-state index contributed by atoms with van der Waals surface area (Å²) in [6.07, 6.45) is 4.14. The van der Waals surface area contributed by atoms with Crippen molar-refractivity contribution in [3.63, 3.8) is 0 Å². The van der Waals surface area contributed by atoms with Crippen LogP contribution in [0.25, 0.3) is 11.3 Å². The molecule has 1 amide bonds. The molecular weight excluding hydrogens is 330 g/mol. The molecule has 2 aromatic rings. The molecule has 2 aliphatic heterocycles. The maximum absolute atomic E-state index is 13.0. The SMILES string of the molecule is Cc1nn(C)c(C)c1-c1cc(C(=O)N2CCC3(CCCO3)CC2)n(C)n1. The largest absolute Gasteiger partial charge is 0.375 e. The van der Waals surface area contributed by atoms with Gasteiger partial charge in [-0.1, -0.05) is 0 Å². The lowest BCUT2D eigenvalue weighted by atomic mass is 9.88. The summed E-state index contributed by atoms with van der Waals surface area (Å²) in [5.74, 6) is 0.0540. The first-order valence-corrected chi connectivity index (χ1v) is 9.38. The molecule has 2 fully saturated rings. The van der Waals surface area contributed by atoms with Crippen LogP contribution in [0, 0.1) is 13.8 Å². The summed E-state index contributed by atoms with van der Waals surface area (Å²) in [7, 11) is 3.76. The summed E-state index contributed by atoms with van der Waals surface area (Å²) < 4.78 is 9.51. The second kappa shape index (κ2) is 6.23. The van der Waals surface area contributed by atoms with Crippen molar-refractivity contribution < 1.29 is 9.53 Å². The Morgan fingerprint density at radius 3 is 2.42 bits per heavy atom. The molecule has 2 aliphatic rings. The number of aryl methyl sites for hydroxylation is 3. The first kappa shape index (κ1) is 17.3. The lowest BCUT2D eigenvalue weighted by molar-refractivity contribution is -0.0388. The molecule has 0 N–H and O–H groups in total. The van der Waals surface area contributed by atoms with Gasteiger partial charge in [-0.15, -0.1) is 0 Å². The Labute approximate surface area is 153 Å². The van der Waals surface area contributed by atoms with Crippen LogP contribution in [0.2, 0.25) is 0 Å². The number of carbonyl (C=O) groups is 1. The fraction of sp³-hybridized carbons (Fsp3) is 0.632. The number of piperidine rings is 1. The summed E-state index contributed by atoms with van der Waals surface area (Å²) >= 11 is 0. The third-order valence-electron chi connectivity index (χ3n) is 6.01. The van der Waals surface area contributed by atoms with Gasteiger partial charge in [0.1, 0.15) is 5.69 Å². The number of nitrogens with zero attached hydrogens (tertiary/aromatic N) is 5. The normalized spacial score (nSPS) is 19.5. The van der Waals surface area contributed by atoms with E-state index in [1.54, 1.807) is 4.68 Å². The predicted molar refractivity (Wildman–Crippen MR) is 97.9 cm³/mol. The maximum Gasteiger partial charge on any atom is 0.272 e. The van der Waals surface area contributed by atoms with Crippen LogP contribution in [0.1, 0.15) is 47.6 Å². The van der Waals surface area contributed by atoms with Crippen LogP contribution in [-0.2, 0) is 18.8 Å². The van der Waals surface area contributed by atoms with Gasteiger partial charge in [0, 0.05) is 45.0 Å². The minimum absolute atomic E-state index is 0.0261. The number of ether oxygens (including phenoxy) is 1. The van der Waals surface area contributed by atoms with Crippen LogP contribution >= 0.6 is 0 Å². The standard InChI is InChI=1S/C19H27N5O2/c1-13-17(14(2)22(3)20-13)15-12-16(23(4)21-15)18(25)24-9-7-19(8-10-24)6-5-11-26-19/h12H,5-11H2,1-4H3. The summed E-state index contributed by atoms with van der Waals surface area (Å²) in [6.45, 7) is 6.37. The molecule has 7 heteroatoms. The highest BCUT2D eigenvalue weighted by molar-refractivity contribution is 5.94. The van der Waals surface area contributed by atoms with Crippen molar-refractivity contribution in [3.8, 4) is 11.3 Å². The molecule has 0 aliphatic carbocycles. The monoisotopic (exact) mass is 357 g/mol. The fourth-order valence-corrected chi connectivity index (χ4v) is 4.36. The van der Waals surface area contributed by atoms with E-state index in [1.807, 2.05) is 43.6 Å². The molecule has 2 saturated heterocycles. The Morgan fingerprint density at radius 1 is 1.12 bits per heavy atom. The Hall–Kier alpha value is -2.15. The van der Waals surface area contributed by atoms with Crippen LogP contribution in [0.5, 0.6) is 0 Å². The lowest BCUT2D eigenvalue weighted by Crippen LogP contribution is -2.46. The topological polar surface area (TPSA) is 65.2 Å². The number of hydrogen-bond donors (Lipinski definition) is 0. The highest BCUT2D eigenvalue weighted by Crippen LogP contribution is 2.36. The molecule has 140 valence electrons. The van der Waals surface area contributed by atoms with Crippen molar-refractivity contribution >= 4 is 5.91 Å². The van der Waals surface area contributed by atoms with Gasteiger partial charge in [0.15, 0.2) is 0 Å². The summed E-state index contributed by atoms with van der Waals surface area (Å²) in [4.78, 5) is 15.0. The van der Waals surface area contributed by atoms with Gasteiger partial charge in [-0.05, 0) is 45.6 Å². The van der Waals surface area contributed by atoms with Gasteiger partial charge in [0.05, 0.1) is 17.0 Å². The van der Waals surface area contributed by atoms with Crippen molar-refractivity contribution in [1.29, 1.82) is 0 Å². The zero-order chi connectivity index (χ0) is 18.5. The van der Waals surface area contributed by atoms with Crippen molar-refractivity contribution in [1.82, 2.24) is 24.5 Å². The molecular formula is C19H27N5O2. The molecule has 4 heterocycles. The fourth-order valence-electron chi connectivity index (χ4n) is 4.36. The van der Waals surface area contributed by atoms with Crippen LogP contribution in [0.4, 0.5) is 0 Å². The second-order valence-corrected chi connectivity index (χ2v) is 7.64. The zero-order valence-corrected chi connectivity index (χ0v) is 16.1. The number of rotatable bonds is 2. The number of hydrogen-bond acceptors (Lipinski definition) is 4. The second-order valence-electron chi connectivity index (χ2n) is 7.64. The number of carbonyl (C=O) groups excluding carboxylic acids is 1. The molecule has 0 atom stereocenters. The third-order valence-corrected chi connectivity index (χ3v) is 6.01.